The van der Waals surface area contributed by atoms with E-state index in [1.807, 2.05) is 12.1 Å². The molecule has 3 rings (SSSR count). The highest BCUT2D eigenvalue weighted by Crippen LogP contribution is 2.35. The summed E-state index contributed by atoms with van der Waals surface area (Å²) in [6.45, 7) is 9.88. The third-order valence-corrected chi connectivity index (χ3v) is 8.07. The van der Waals surface area contributed by atoms with Crippen LogP contribution in [-0.4, -0.2) is 37.9 Å². The zero-order valence-electron chi connectivity index (χ0n) is 26.4. The Morgan fingerprint density at radius 1 is 0.767 bits per heavy atom. The quantitative estimate of drug-likeness (QED) is 0.0661. The lowest BCUT2D eigenvalue weighted by molar-refractivity contribution is -0.137. The first-order chi connectivity index (χ1) is 20.9. The molecule has 0 heterocycles. The summed E-state index contributed by atoms with van der Waals surface area (Å²) >= 11 is 0. The highest BCUT2D eigenvalue weighted by atomic mass is 16.5. The van der Waals surface area contributed by atoms with Gasteiger partial charge in [0, 0.05) is 12.7 Å². The van der Waals surface area contributed by atoms with E-state index in [0.29, 0.717) is 36.5 Å². The van der Waals surface area contributed by atoms with Crippen molar-refractivity contribution in [2.45, 2.75) is 109 Å². The fourth-order valence-corrected chi connectivity index (χ4v) is 5.46. The molecule has 2 aromatic rings. The lowest BCUT2D eigenvalue weighted by Gasteiger charge is -2.29. The molecule has 6 heteroatoms. The van der Waals surface area contributed by atoms with E-state index >= 15 is 0 Å². The van der Waals surface area contributed by atoms with Gasteiger partial charge in [0.15, 0.2) is 0 Å². The molecule has 0 atom stereocenters. The molecular formula is C37H52O6. The van der Waals surface area contributed by atoms with Crippen LogP contribution in [0.5, 0.6) is 11.5 Å². The van der Waals surface area contributed by atoms with Crippen molar-refractivity contribution >= 4 is 11.9 Å². The summed E-state index contributed by atoms with van der Waals surface area (Å²) in [6.07, 6.45) is 16.2. The molecule has 0 unspecified atom stereocenters. The average molecular weight is 593 g/mol. The van der Waals surface area contributed by atoms with Gasteiger partial charge in [-0.3, -0.25) is 0 Å². The van der Waals surface area contributed by atoms with E-state index in [1.165, 1.54) is 43.7 Å². The van der Waals surface area contributed by atoms with E-state index in [1.54, 1.807) is 24.3 Å². The highest BCUT2D eigenvalue weighted by Gasteiger charge is 2.23. The Bertz CT molecular complexity index is 1070. The molecule has 0 N–H and O–H groups in total. The lowest BCUT2D eigenvalue weighted by Crippen LogP contribution is -2.21. The van der Waals surface area contributed by atoms with Crippen LogP contribution >= 0.6 is 0 Å². The van der Waals surface area contributed by atoms with Crippen molar-refractivity contribution in [3.05, 3.63) is 72.3 Å². The molecule has 0 radical (unpaired) electrons. The van der Waals surface area contributed by atoms with Crippen LogP contribution in [0, 0.1) is 5.92 Å². The van der Waals surface area contributed by atoms with Gasteiger partial charge in [-0.2, -0.15) is 0 Å². The van der Waals surface area contributed by atoms with Gasteiger partial charge in [-0.15, -0.1) is 0 Å². The molecule has 0 spiro atoms. The molecule has 0 bridgehead atoms. The van der Waals surface area contributed by atoms with Crippen LogP contribution < -0.4 is 9.47 Å². The first-order valence-electron chi connectivity index (χ1n) is 16.4. The molecule has 0 amide bonds. The average Bonchev–Trinajstić information content (AvgIpc) is 3.02. The number of rotatable bonds is 20. The molecule has 43 heavy (non-hydrogen) atoms. The minimum Gasteiger partial charge on any atom is -0.494 e. The van der Waals surface area contributed by atoms with E-state index in [9.17, 15) is 9.59 Å². The van der Waals surface area contributed by atoms with Gasteiger partial charge in [0.25, 0.3) is 0 Å². The number of hydrogen-bond donors (Lipinski definition) is 0. The summed E-state index contributed by atoms with van der Waals surface area (Å²) in [6, 6.07) is 15.0. The van der Waals surface area contributed by atoms with Crippen molar-refractivity contribution in [2.24, 2.45) is 5.92 Å². The first kappa shape index (κ1) is 34.4. The Morgan fingerprint density at radius 3 is 2.02 bits per heavy atom. The normalized spacial score (nSPS) is 16.5. The number of esters is 2. The largest absolute Gasteiger partial charge is 0.494 e. The molecule has 2 aromatic carbocycles. The number of carbonyl (C=O) groups is 2. The molecule has 0 saturated heterocycles. The molecule has 6 nitrogen and oxygen atoms in total. The van der Waals surface area contributed by atoms with Crippen LogP contribution in [-0.2, 0) is 14.3 Å². The lowest BCUT2D eigenvalue weighted by atomic mass is 9.83. The maximum Gasteiger partial charge on any atom is 0.343 e. The van der Waals surface area contributed by atoms with Gasteiger partial charge in [0.2, 0.25) is 0 Å². The fraction of sp³-hybridized carbons (Fsp3) is 0.568. The zero-order chi connectivity index (χ0) is 30.7. The summed E-state index contributed by atoms with van der Waals surface area (Å²) in [5, 5.41) is 0. The maximum absolute atomic E-state index is 12.7. The van der Waals surface area contributed by atoms with Crippen molar-refractivity contribution in [3.63, 3.8) is 0 Å². The van der Waals surface area contributed by atoms with Crippen molar-refractivity contribution in [1.82, 2.24) is 0 Å². The third kappa shape index (κ3) is 13.8. The van der Waals surface area contributed by atoms with Gasteiger partial charge in [-0.25, -0.2) is 9.59 Å². The van der Waals surface area contributed by atoms with Gasteiger partial charge < -0.3 is 18.9 Å². The van der Waals surface area contributed by atoms with E-state index in [2.05, 4.69) is 32.6 Å². The number of benzene rings is 2. The Kier molecular flexibility index (Phi) is 15.9. The molecule has 236 valence electrons. The van der Waals surface area contributed by atoms with E-state index in [0.717, 1.165) is 69.6 Å². The summed E-state index contributed by atoms with van der Waals surface area (Å²) in [5.41, 5.74) is 1.79. The molecule has 0 aromatic heterocycles. The fourth-order valence-electron chi connectivity index (χ4n) is 5.46. The summed E-state index contributed by atoms with van der Waals surface area (Å²) in [4.78, 5) is 23.7. The van der Waals surface area contributed by atoms with Gasteiger partial charge in [-0.05, 0) is 112 Å². The van der Waals surface area contributed by atoms with Crippen LogP contribution in [0.15, 0.2) is 61.2 Å². The van der Waals surface area contributed by atoms with Crippen LogP contribution in [0.1, 0.15) is 119 Å². The molecular weight excluding hydrogens is 540 g/mol. The van der Waals surface area contributed by atoms with E-state index < -0.39 is 0 Å². The van der Waals surface area contributed by atoms with Crippen LogP contribution in [0.25, 0.3) is 0 Å². The molecule has 1 saturated carbocycles. The van der Waals surface area contributed by atoms with Crippen molar-refractivity contribution in [1.29, 1.82) is 0 Å². The number of carbonyl (C=O) groups excluding carboxylic acids is 2. The van der Waals surface area contributed by atoms with Gasteiger partial charge in [0.05, 0.1) is 24.9 Å². The number of ether oxygens (including phenoxy) is 4. The van der Waals surface area contributed by atoms with Crippen LogP contribution in [0.3, 0.4) is 0 Å². The Hall–Kier alpha value is -3.12. The second-order valence-electron chi connectivity index (χ2n) is 12.1. The van der Waals surface area contributed by atoms with Crippen LogP contribution in [0.4, 0.5) is 0 Å². The molecule has 1 aliphatic carbocycles. The minimum absolute atomic E-state index is 0.378. The predicted molar refractivity (Wildman–Crippen MR) is 172 cm³/mol. The first-order valence-corrected chi connectivity index (χ1v) is 16.4. The zero-order valence-corrected chi connectivity index (χ0v) is 26.4. The minimum atomic E-state index is -0.381. The summed E-state index contributed by atoms with van der Waals surface area (Å²) in [7, 11) is 0. The molecule has 1 fully saturated rings. The Balaban J connectivity index is 1.28. The van der Waals surface area contributed by atoms with Gasteiger partial charge in [0.1, 0.15) is 11.5 Å². The third-order valence-electron chi connectivity index (χ3n) is 8.07. The standard InChI is InChI=1S/C37H52O6/c1-4-36(38)42-28-12-8-7-11-27-41-34-22-18-32(19-23-34)37(39)43-35-24-16-31(17-25-35)30-14-20-33(21-15-30)40-26-10-6-5-9-13-29(2)3/h4,16-19,22-25,29-30,33H,1,5-15,20-21,26-28H2,2-3H3. The predicted octanol–water partition coefficient (Wildman–Crippen LogP) is 9.22. The highest BCUT2D eigenvalue weighted by molar-refractivity contribution is 5.91. The van der Waals surface area contributed by atoms with Crippen LogP contribution in [0.2, 0.25) is 0 Å². The smallest absolute Gasteiger partial charge is 0.343 e. The summed E-state index contributed by atoms with van der Waals surface area (Å²) in [5.74, 6) is 1.86. The van der Waals surface area contributed by atoms with Crippen molar-refractivity contribution in [2.75, 3.05) is 19.8 Å². The maximum atomic E-state index is 12.7. The van der Waals surface area contributed by atoms with Gasteiger partial charge in [-0.1, -0.05) is 58.2 Å². The SMILES string of the molecule is C=CC(=O)OCCCCCCOc1ccc(C(=O)Oc2ccc(C3CCC(OCCCCCCC(C)C)CC3)cc2)cc1. The van der Waals surface area contributed by atoms with E-state index in [4.69, 9.17) is 18.9 Å². The molecule has 0 aliphatic heterocycles. The second-order valence-corrected chi connectivity index (χ2v) is 12.1. The topological polar surface area (TPSA) is 71.1 Å². The van der Waals surface area contributed by atoms with Crippen molar-refractivity contribution < 1.29 is 28.5 Å². The summed E-state index contributed by atoms with van der Waals surface area (Å²) < 4.78 is 22.5. The second kappa shape index (κ2) is 20.0. The van der Waals surface area contributed by atoms with Gasteiger partial charge >= 0.3 is 11.9 Å². The Morgan fingerprint density at radius 2 is 1.37 bits per heavy atom. The van der Waals surface area contributed by atoms with Crippen molar-refractivity contribution in [3.8, 4) is 11.5 Å². The number of hydrogen-bond acceptors (Lipinski definition) is 6. The number of unbranched alkanes of at least 4 members (excludes halogenated alkanes) is 6. The van der Waals surface area contributed by atoms with E-state index in [-0.39, 0.29) is 11.9 Å². The Labute approximate surface area is 259 Å². The monoisotopic (exact) mass is 592 g/mol. The molecule has 1 aliphatic rings.